The average molecular weight is 280 g/mol. The Morgan fingerprint density at radius 1 is 1.47 bits per heavy atom. The summed E-state index contributed by atoms with van der Waals surface area (Å²) < 4.78 is 24.4. The number of carboxylic acid groups (broad SMARTS) is 1. The molecule has 3 N–H and O–H groups in total. The standard InChI is InChI=1S/C12H22F2N2O3/c1-8(17)9-4-10(15-5-11(13)14)7-16(6-9)3-2-12(18)19/h8-11,15,17H,2-7H2,1H3,(H,18,19). The van der Waals surface area contributed by atoms with E-state index < -0.39 is 18.5 Å². The Hall–Kier alpha value is -0.790. The number of carbonyl (C=O) groups is 1. The van der Waals surface area contributed by atoms with Gasteiger partial charge in [-0.15, -0.1) is 0 Å². The number of aliphatic hydroxyl groups is 1. The van der Waals surface area contributed by atoms with Gasteiger partial charge in [-0.3, -0.25) is 4.79 Å². The number of nitrogens with zero attached hydrogens (tertiary/aromatic N) is 1. The summed E-state index contributed by atoms with van der Waals surface area (Å²) in [4.78, 5) is 12.5. The highest BCUT2D eigenvalue weighted by Crippen LogP contribution is 2.20. The fourth-order valence-corrected chi connectivity index (χ4v) is 2.42. The second kappa shape index (κ2) is 7.72. The molecule has 0 aromatic rings. The number of carboxylic acids is 1. The number of alkyl halides is 2. The van der Waals surface area contributed by atoms with Crippen molar-refractivity contribution < 1.29 is 23.8 Å². The topological polar surface area (TPSA) is 72.8 Å². The third kappa shape index (κ3) is 6.26. The van der Waals surface area contributed by atoms with Crippen molar-refractivity contribution in [1.29, 1.82) is 0 Å². The zero-order valence-corrected chi connectivity index (χ0v) is 11.1. The highest BCUT2D eigenvalue weighted by Gasteiger charge is 2.30. The molecule has 1 heterocycles. The predicted octanol–water partition coefficient (Wildman–Crippen LogP) is 0.387. The van der Waals surface area contributed by atoms with Crippen molar-refractivity contribution in [3.8, 4) is 0 Å². The summed E-state index contributed by atoms with van der Waals surface area (Å²) >= 11 is 0. The van der Waals surface area contributed by atoms with E-state index in [1.165, 1.54) is 0 Å². The smallest absolute Gasteiger partial charge is 0.304 e. The van der Waals surface area contributed by atoms with Gasteiger partial charge in [0.25, 0.3) is 6.43 Å². The van der Waals surface area contributed by atoms with Crippen LogP contribution >= 0.6 is 0 Å². The van der Waals surface area contributed by atoms with Gasteiger partial charge in [0.05, 0.1) is 19.1 Å². The van der Waals surface area contributed by atoms with Crippen molar-refractivity contribution in [3.05, 3.63) is 0 Å². The monoisotopic (exact) mass is 280 g/mol. The van der Waals surface area contributed by atoms with Crippen LogP contribution in [0, 0.1) is 5.92 Å². The Balaban J connectivity index is 2.49. The van der Waals surface area contributed by atoms with E-state index in [1.807, 2.05) is 4.90 Å². The first-order valence-corrected chi connectivity index (χ1v) is 6.52. The van der Waals surface area contributed by atoms with Gasteiger partial charge in [0, 0.05) is 25.7 Å². The molecule has 0 bridgehead atoms. The normalized spacial score (nSPS) is 26.6. The minimum atomic E-state index is -2.40. The molecular formula is C12H22F2N2O3. The number of aliphatic carboxylic acids is 1. The molecule has 3 unspecified atom stereocenters. The van der Waals surface area contributed by atoms with Gasteiger partial charge in [0.1, 0.15) is 0 Å². The van der Waals surface area contributed by atoms with Crippen LogP contribution in [0.1, 0.15) is 19.8 Å². The summed E-state index contributed by atoms with van der Waals surface area (Å²) in [6.07, 6.45) is -2.27. The van der Waals surface area contributed by atoms with Crippen LogP contribution in [0.3, 0.4) is 0 Å². The maximum Gasteiger partial charge on any atom is 0.304 e. The van der Waals surface area contributed by atoms with Gasteiger partial charge >= 0.3 is 5.97 Å². The third-order valence-corrected chi connectivity index (χ3v) is 3.44. The molecule has 0 spiro atoms. The van der Waals surface area contributed by atoms with E-state index in [4.69, 9.17) is 5.11 Å². The first-order chi connectivity index (χ1) is 8.88. The number of hydrogen-bond donors (Lipinski definition) is 3. The molecular weight excluding hydrogens is 258 g/mol. The van der Waals surface area contributed by atoms with Crippen LogP contribution in [0.15, 0.2) is 0 Å². The van der Waals surface area contributed by atoms with Gasteiger partial charge in [0.2, 0.25) is 0 Å². The molecule has 0 aromatic heterocycles. The van der Waals surface area contributed by atoms with E-state index in [2.05, 4.69) is 5.32 Å². The van der Waals surface area contributed by atoms with Gasteiger partial charge < -0.3 is 20.4 Å². The highest BCUT2D eigenvalue weighted by atomic mass is 19.3. The molecule has 3 atom stereocenters. The molecule has 1 aliphatic rings. The lowest BCUT2D eigenvalue weighted by molar-refractivity contribution is -0.137. The largest absolute Gasteiger partial charge is 0.481 e. The molecule has 19 heavy (non-hydrogen) atoms. The number of rotatable bonds is 7. The fraction of sp³-hybridized carbons (Fsp3) is 0.917. The van der Waals surface area contributed by atoms with E-state index in [0.717, 1.165) is 0 Å². The molecule has 1 fully saturated rings. The third-order valence-electron chi connectivity index (χ3n) is 3.44. The second-order valence-corrected chi connectivity index (χ2v) is 5.14. The summed E-state index contributed by atoms with van der Waals surface area (Å²) in [5.41, 5.74) is 0. The Morgan fingerprint density at radius 3 is 2.68 bits per heavy atom. The fourth-order valence-electron chi connectivity index (χ4n) is 2.42. The minimum absolute atomic E-state index is 0.0160. The van der Waals surface area contributed by atoms with E-state index in [9.17, 15) is 18.7 Å². The van der Waals surface area contributed by atoms with E-state index in [1.54, 1.807) is 6.92 Å². The van der Waals surface area contributed by atoms with Crippen molar-refractivity contribution in [1.82, 2.24) is 10.2 Å². The SMILES string of the molecule is CC(O)C1CC(NCC(F)F)CN(CCC(=O)O)C1. The number of halogens is 2. The summed E-state index contributed by atoms with van der Waals surface area (Å²) in [5, 5.41) is 21.1. The summed E-state index contributed by atoms with van der Waals surface area (Å²) in [7, 11) is 0. The average Bonchev–Trinajstić information content (AvgIpc) is 2.33. The van der Waals surface area contributed by atoms with Crippen molar-refractivity contribution in [2.45, 2.75) is 38.3 Å². The zero-order valence-electron chi connectivity index (χ0n) is 11.1. The first-order valence-electron chi connectivity index (χ1n) is 6.52. The van der Waals surface area contributed by atoms with Crippen LogP contribution in [-0.2, 0) is 4.79 Å². The lowest BCUT2D eigenvalue weighted by Crippen LogP contribution is -2.52. The van der Waals surface area contributed by atoms with Gasteiger partial charge in [-0.2, -0.15) is 0 Å². The number of hydrogen-bond acceptors (Lipinski definition) is 4. The Labute approximate surface area is 111 Å². The molecule has 0 radical (unpaired) electrons. The molecule has 112 valence electrons. The predicted molar refractivity (Wildman–Crippen MR) is 66.3 cm³/mol. The van der Waals surface area contributed by atoms with E-state index >= 15 is 0 Å². The maximum absolute atomic E-state index is 12.2. The lowest BCUT2D eigenvalue weighted by atomic mass is 9.90. The Morgan fingerprint density at radius 2 is 2.16 bits per heavy atom. The summed E-state index contributed by atoms with van der Waals surface area (Å²) in [5.74, 6) is -0.894. The minimum Gasteiger partial charge on any atom is -0.481 e. The molecule has 0 amide bonds. The Bertz CT molecular complexity index is 290. The molecule has 1 rings (SSSR count). The van der Waals surface area contributed by atoms with Crippen molar-refractivity contribution >= 4 is 5.97 Å². The van der Waals surface area contributed by atoms with Gasteiger partial charge in [0.15, 0.2) is 0 Å². The quantitative estimate of drug-likeness (QED) is 0.629. The van der Waals surface area contributed by atoms with E-state index in [0.29, 0.717) is 26.1 Å². The zero-order chi connectivity index (χ0) is 14.4. The second-order valence-electron chi connectivity index (χ2n) is 5.14. The lowest BCUT2D eigenvalue weighted by Gasteiger charge is -2.39. The van der Waals surface area contributed by atoms with Crippen LogP contribution in [0.2, 0.25) is 0 Å². The van der Waals surface area contributed by atoms with Crippen molar-refractivity contribution in [2.24, 2.45) is 5.92 Å². The Kier molecular flexibility index (Phi) is 6.60. The van der Waals surface area contributed by atoms with Crippen LogP contribution in [0.4, 0.5) is 8.78 Å². The highest BCUT2D eigenvalue weighted by molar-refractivity contribution is 5.66. The van der Waals surface area contributed by atoms with Crippen LogP contribution < -0.4 is 5.32 Å². The number of likely N-dealkylation sites (tertiary alicyclic amines) is 1. The number of aliphatic hydroxyl groups excluding tert-OH is 1. The van der Waals surface area contributed by atoms with Crippen molar-refractivity contribution in [3.63, 3.8) is 0 Å². The van der Waals surface area contributed by atoms with E-state index in [-0.39, 0.29) is 24.9 Å². The summed E-state index contributed by atoms with van der Waals surface area (Å²) in [6, 6.07) is -0.129. The van der Waals surface area contributed by atoms with Crippen LogP contribution in [-0.4, -0.2) is 65.8 Å². The molecule has 0 saturated carbocycles. The number of piperidine rings is 1. The molecule has 0 aliphatic carbocycles. The molecule has 1 saturated heterocycles. The van der Waals surface area contributed by atoms with Crippen LogP contribution in [0.5, 0.6) is 0 Å². The maximum atomic E-state index is 12.2. The molecule has 0 aromatic carbocycles. The molecule has 5 nitrogen and oxygen atoms in total. The van der Waals surface area contributed by atoms with Gasteiger partial charge in [-0.1, -0.05) is 0 Å². The first kappa shape index (κ1) is 16.3. The molecule has 7 heteroatoms. The van der Waals surface area contributed by atoms with Crippen molar-refractivity contribution in [2.75, 3.05) is 26.2 Å². The molecule has 1 aliphatic heterocycles. The summed E-state index contributed by atoms with van der Waals surface area (Å²) in [6.45, 7) is 2.84. The van der Waals surface area contributed by atoms with Gasteiger partial charge in [-0.05, 0) is 19.3 Å². The number of nitrogens with one attached hydrogen (secondary N) is 1. The van der Waals surface area contributed by atoms with Gasteiger partial charge in [-0.25, -0.2) is 8.78 Å². The van der Waals surface area contributed by atoms with Crippen LogP contribution in [0.25, 0.3) is 0 Å².